The van der Waals surface area contributed by atoms with E-state index in [1.807, 2.05) is 14.0 Å². The van der Waals surface area contributed by atoms with E-state index in [9.17, 15) is 10.2 Å². The highest BCUT2D eigenvalue weighted by Gasteiger charge is 2.11. The molecule has 0 saturated heterocycles. The molecule has 2 N–H and O–H groups in total. The molecule has 3 nitrogen and oxygen atoms in total. The first-order chi connectivity index (χ1) is 6.54. The summed E-state index contributed by atoms with van der Waals surface area (Å²) in [7, 11) is 2.01. The van der Waals surface area contributed by atoms with Crippen molar-refractivity contribution >= 4 is 0 Å². The van der Waals surface area contributed by atoms with Crippen LogP contribution >= 0.6 is 0 Å². The molecule has 0 saturated carbocycles. The Morgan fingerprint density at radius 3 is 2.14 bits per heavy atom. The van der Waals surface area contributed by atoms with Gasteiger partial charge >= 0.3 is 0 Å². The number of benzene rings is 1. The fourth-order valence-electron chi connectivity index (χ4n) is 1.39. The Morgan fingerprint density at radius 1 is 1.21 bits per heavy atom. The van der Waals surface area contributed by atoms with Crippen molar-refractivity contribution in [3.63, 3.8) is 0 Å². The summed E-state index contributed by atoms with van der Waals surface area (Å²) in [5.41, 5.74) is 0.923. The summed E-state index contributed by atoms with van der Waals surface area (Å²) < 4.78 is 0. The van der Waals surface area contributed by atoms with Crippen molar-refractivity contribution in [3.8, 4) is 11.5 Å². The molecule has 0 aliphatic carbocycles. The third kappa shape index (κ3) is 2.39. The molecule has 1 aromatic rings. The van der Waals surface area contributed by atoms with Gasteiger partial charge in [-0.05, 0) is 38.2 Å². The number of phenolic OH excluding ortho intramolecular Hbond substituents is 2. The van der Waals surface area contributed by atoms with Gasteiger partial charge in [-0.1, -0.05) is 6.92 Å². The van der Waals surface area contributed by atoms with E-state index in [2.05, 4.69) is 11.8 Å². The van der Waals surface area contributed by atoms with Crippen LogP contribution in [0.1, 0.15) is 25.5 Å². The van der Waals surface area contributed by atoms with E-state index >= 15 is 0 Å². The normalized spacial score (nSPS) is 13.1. The minimum Gasteiger partial charge on any atom is -0.508 e. The number of hydrogen-bond acceptors (Lipinski definition) is 3. The third-order valence-electron chi connectivity index (χ3n) is 2.57. The van der Waals surface area contributed by atoms with Gasteiger partial charge in [0.25, 0.3) is 0 Å². The van der Waals surface area contributed by atoms with E-state index in [1.54, 1.807) is 12.1 Å². The van der Waals surface area contributed by atoms with Gasteiger partial charge in [-0.3, -0.25) is 4.90 Å². The highest BCUT2D eigenvalue weighted by atomic mass is 16.3. The highest BCUT2D eigenvalue weighted by Crippen LogP contribution is 2.27. The van der Waals surface area contributed by atoms with Crippen molar-refractivity contribution in [1.29, 1.82) is 0 Å². The maximum atomic E-state index is 9.32. The van der Waals surface area contributed by atoms with E-state index in [0.717, 1.165) is 12.1 Å². The quantitative estimate of drug-likeness (QED) is 0.776. The summed E-state index contributed by atoms with van der Waals surface area (Å²) in [5, 5.41) is 18.6. The topological polar surface area (TPSA) is 43.7 Å². The van der Waals surface area contributed by atoms with Gasteiger partial charge in [0.15, 0.2) is 0 Å². The van der Waals surface area contributed by atoms with Gasteiger partial charge in [0.1, 0.15) is 11.5 Å². The number of nitrogens with zero attached hydrogens (tertiary/aromatic N) is 1. The van der Waals surface area contributed by atoms with E-state index in [4.69, 9.17) is 0 Å². The molecule has 1 unspecified atom stereocenters. The van der Waals surface area contributed by atoms with Crippen molar-refractivity contribution in [3.05, 3.63) is 23.8 Å². The molecule has 14 heavy (non-hydrogen) atoms. The van der Waals surface area contributed by atoms with Crippen LogP contribution in [-0.4, -0.2) is 28.7 Å². The number of rotatable bonds is 3. The number of phenols is 2. The maximum Gasteiger partial charge on any atom is 0.119 e. The Bertz CT molecular complexity index is 292. The van der Waals surface area contributed by atoms with Crippen molar-refractivity contribution in [1.82, 2.24) is 4.90 Å². The Morgan fingerprint density at radius 2 is 1.71 bits per heavy atom. The van der Waals surface area contributed by atoms with E-state index < -0.39 is 0 Å². The second-order valence-corrected chi connectivity index (χ2v) is 3.53. The van der Waals surface area contributed by atoms with E-state index in [0.29, 0.717) is 0 Å². The standard InChI is InChI=1S/C11H17NO2/c1-4-12(3)8(2)9-5-10(13)7-11(14)6-9/h5-8,13-14H,4H2,1-3H3. The second-order valence-electron chi connectivity index (χ2n) is 3.53. The van der Waals surface area contributed by atoms with Crippen LogP contribution in [0.2, 0.25) is 0 Å². The minimum atomic E-state index is 0.108. The second kappa shape index (κ2) is 4.33. The largest absolute Gasteiger partial charge is 0.508 e. The Labute approximate surface area is 84.6 Å². The lowest BCUT2D eigenvalue weighted by Crippen LogP contribution is -2.21. The Hall–Kier alpha value is -1.22. The molecular weight excluding hydrogens is 178 g/mol. The highest BCUT2D eigenvalue weighted by molar-refractivity contribution is 5.37. The predicted octanol–water partition coefficient (Wildman–Crippen LogP) is 2.11. The molecule has 0 heterocycles. The summed E-state index contributed by atoms with van der Waals surface area (Å²) in [6, 6.07) is 4.88. The average Bonchev–Trinajstić information content (AvgIpc) is 2.14. The predicted molar refractivity (Wildman–Crippen MR) is 56.5 cm³/mol. The summed E-state index contributed by atoms with van der Waals surface area (Å²) in [6.45, 7) is 5.04. The van der Waals surface area contributed by atoms with Gasteiger partial charge in [0.05, 0.1) is 0 Å². The van der Waals surface area contributed by atoms with Gasteiger partial charge in [-0.25, -0.2) is 0 Å². The van der Waals surface area contributed by atoms with Crippen LogP contribution in [0.5, 0.6) is 11.5 Å². The lowest BCUT2D eigenvalue weighted by atomic mass is 10.1. The Balaban J connectivity index is 2.94. The number of aromatic hydroxyl groups is 2. The number of hydrogen-bond donors (Lipinski definition) is 2. The van der Waals surface area contributed by atoms with Gasteiger partial charge in [-0.2, -0.15) is 0 Å². The molecule has 0 amide bonds. The van der Waals surface area contributed by atoms with Crippen LogP contribution in [-0.2, 0) is 0 Å². The molecule has 78 valence electrons. The zero-order valence-electron chi connectivity index (χ0n) is 8.86. The monoisotopic (exact) mass is 195 g/mol. The molecule has 0 spiro atoms. The summed E-state index contributed by atoms with van der Waals surface area (Å²) in [4.78, 5) is 2.13. The van der Waals surface area contributed by atoms with Crippen LogP contribution in [0.15, 0.2) is 18.2 Å². The van der Waals surface area contributed by atoms with Crippen LogP contribution < -0.4 is 0 Å². The first-order valence-electron chi connectivity index (χ1n) is 4.77. The van der Waals surface area contributed by atoms with Gasteiger partial charge in [0, 0.05) is 12.1 Å². The summed E-state index contributed by atoms with van der Waals surface area (Å²) >= 11 is 0. The van der Waals surface area contributed by atoms with E-state index in [-0.39, 0.29) is 17.5 Å². The van der Waals surface area contributed by atoms with Crippen LogP contribution in [0.25, 0.3) is 0 Å². The summed E-state index contributed by atoms with van der Waals surface area (Å²) in [5.74, 6) is 0.215. The van der Waals surface area contributed by atoms with Crippen LogP contribution in [0, 0.1) is 0 Å². The molecule has 0 bridgehead atoms. The lowest BCUT2D eigenvalue weighted by Gasteiger charge is -2.23. The molecule has 0 aliphatic heterocycles. The lowest BCUT2D eigenvalue weighted by molar-refractivity contribution is 0.274. The SMILES string of the molecule is CCN(C)C(C)c1cc(O)cc(O)c1. The molecular formula is C11H17NO2. The molecule has 0 aliphatic rings. The third-order valence-corrected chi connectivity index (χ3v) is 2.57. The minimum absolute atomic E-state index is 0.108. The van der Waals surface area contributed by atoms with Crippen LogP contribution in [0.3, 0.4) is 0 Å². The molecule has 1 aromatic carbocycles. The van der Waals surface area contributed by atoms with Gasteiger partial charge < -0.3 is 10.2 Å². The molecule has 0 radical (unpaired) electrons. The van der Waals surface area contributed by atoms with Crippen molar-refractivity contribution in [2.24, 2.45) is 0 Å². The van der Waals surface area contributed by atoms with Crippen molar-refractivity contribution in [2.45, 2.75) is 19.9 Å². The molecule has 1 rings (SSSR count). The molecule has 0 fully saturated rings. The van der Waals surface area contributed by atoms with Gasteiger partial charge in [0.2, 0.25) is 0 Å². The fraction of sp³-hybridized carbons (Fsp3) is 0.455. The average molecular weight is 195 g/mol. The molecule has 3 heteroatoms. The Kier molecular flexibility index (Phi) is 3.36. The van der Waals surface area contributed by atoms with Gasteiger partial charge in [-0.15, -0.1) is 0 Å². The zero-order valence-corrected chi connectivity index (χ0v) is 8.86. The van der Waals surface area contributed by atoms with Crippen LogP contribution in [0.4, 0.5) is 0 Å². The zero-order chi connectivity index (χ0) is 10.7. The van der Waals surface area contributed by atoms with Crippen molar-refractivity contribution in [2.75, 3.05) is 13.6 Å². The van der Waals surface area contributed by atoms with Crippen molar-refractivity contribution < 1.29 is 10.2 Å². The summed E-state index contributed by atoms with van der Waals surface area (Å²) in [6.07, 6.45) is 0. The smallest absolute Gasteiger partial charge is 0.119 e. The fourth-order valence-corrected chi connectivity index (χ4v) is 1.39. The first-order valence-corrected chi connectivity index (χ1v) is 4.77. The molecule has 1 atom stereocenters. The maximum absolute atomic E-state index is 9.32. The van der Waals surface area contributed by atoms with E-state index in [1.165, 1.54) is 6.07 Å². The first kappa shape index (κ1) is 10.9. The molecule has 0 aromatic heterocycles.